The Labute approximate surface area is 121 Å². The number of nitrogens with zero attached hydrogens (tertiary/aromatic N) is 2. The fourth-order valence-corrected chi connectivity index (χ4v) is 2.13. The van der Waals surface area contributed by atoms with E-state index in [1.165, 1.54) is 12.1 Å². The molecule has 0 saturated heterocycles. The smallest absolute Gasteiger partial charge is 0.335 e. The van der Waals surface area contributed by atoms with Crippen LogP contribution >= 0.6 is 0 Å². The maximum Gasteiger partial charge on any atom is 0.335 e. The molecule has 2 aromatic carbocycles. The standard InChI is InChI=1S/C16H13N3O2/c17-14-8-12(16(20)21)6-7-15(14)19-10-13(9-18-19)11-4-2-1-3-5-11/h1-10H,17H2,(H,20,21). The summed E-state index contributed by atoms with van der Waals surface area (Å²) in [4.78, 5) is 10.9. The Morgan fingerprint density at radius 3 is 2.52 bits per heavy atom. The normalized spacial score (nSPS) is 10.5. The topological polar surface area (TPSA) is 81.1 Å². The molecule has 3 aromatic rings. The Morgan fingerprint density at radius 2 is 1.86 bits per heavy atom. The molecule has 104 valence electrons. The number of nitrogen functional groups attached to an aromatic ring is 1. The third-order valence-corrected chi connectivity index (χ3v) is 3.21. The molecule has 0 fully saturated rings. The van der Waals surface area contributed by atoms with E-state index < -0.39 is 5.97 Å². The lowest BCUT2D eigenvalue weighted by Gasteiger charge is -2.06. The van der Waals surface area contributed by atoms with Crippen molar-refractivity contribution in [1.29, 1.82) is 0 Å². The number of carbonyl (C=O) groups is 1. The van der Waals surface area contributed by atoms with Crippen molar-refractivity contribution in [3.05, 3.63) is 66.5 Å². The van der Waals surface area contributed by atoms with Gasteiger partial charge < -0.3 is 10.8 Å². The maximum absolute atomic E-state index is 10.9. The number of hydrogen-bond donors (Lipinski definition) is 2. The Bertz CT molecular complexity index is 794. The van der Waals surface area contributed by atoms with Crippen molar-refractivity contribution in [2.75, 3.05) is 5.73 Å². The predicted molar refractivity (Wildman–Crippen MR) is 80.4 cm³/mol. The predicted octanol–water partition coefficient (Wildman–Crippen LogP) is 2.82. The van der Waals surface area contributed by atoms with Crippen LogP contribution in [0.1, 0.15) is 10.4 Å². The summed E-state index contributed by atoms with van der Waals surface area (Å²) in [5, 5.41) is 13.2. The van der Waals surface area contributed by atoms with E-state index >= 15 is 0 Å². The monoisotopic (exact) mass is 279 g/mol. The molecule has 3 N–H and O–H groups in total. The van der Waals surface area contributed by atoms with Crippen LogP contribution < -0.4 is 5.73 Å². The molecule has 0 atom stereocenters. The third-order valence-electron chi connectivity index (χ3n) is 3.21. The molecule has 1 aromatic heterocycles. The maximum atomic E-state index is 10.9. The van der Waals surface area contributed by atoms with Crippen LogP contribution in [0.5, 0.6) is 0 Å². The summed E-state index contributed by atoms with van der Waals surface area (Å²) in [6.07, 6.45) is 3.61. The first-order valence-corrected chi connectivity index (χ1v) is 6.38. The lowest BCUT2D eigenvalue weighted by molar-refractivity contribution is 0.0697. The summed E-state index contributed by atoms with van der Waals surface area (Å²) in [6, 6.07) is 14.5. The van der Waals surface area contributed by atoms with Crippen LogP contribution in [0.25, 0.3) is 16.8 Å². The third kappa shape index (κ3) is 2.49. The molecule has 0 aliphatic heterocycles. The van der Waals surface area contributed by atoms with Gasteiger partial charge in [-0.3, -0.25) is 0 Å². The number of benzene rings is 2. The average molecular weight is 279 g/mol. The van der Waals surface area contributed by atoms with Gasteiger partial charge in [-0.1, -0.05) is 30.3 Å². The second-order valence-corrected chi connectivity index (χ2v) is 4.62. The number of carboxylic acids is 1. The van der Waals surface area contributed by atoms with Gasteiger partial charge in [0.25, 0.3) is 0 Å². The molecule has 0 unspecified atom stereocenters. The zero-order valence-corrected chi connectivity index (χ0v) is 11.1. The van der Waals surface area contributed by atoms with Gasteiger partial charge in [-0.2, -0.15) is 5.10 Å². The van der Waals surface area contributed by atoms with Gasteiger partial charge in [0.1, 0.15) is 0 Å². The summed E-state index contributed by atoms with van der Waals surface area (Å²) in [6.45, 7) is 0. The van der Waals surface area contributed by atoms with Crippen LogP contribution in [0.2, 0.25) is 0 Å². The Kier molecular flexibility index (Phi) is 3.16. The van der Waals surface area contributed by atoms with E-state index in [0.29, 0.717) is 11.4 Å². The van der Waals surface area contributed by atoms with Gasteiger partial charge in [0.05, 0.1) is 23.1 Å². The second-order valence-electron chi connectivity index (χ2n) is 4.62. The minimum Gasteiger partial charge on any atom is -0.478 e. The van der Waals surface area contributed by atoms with Gasteiger partial charge in [0.15, 0.2) is 0 Å². The first-order chi connectivity index (χ1) is 10.1. The van der Waals surface area contributed by atoms with Crippen LogP contribution in [0.4, 0.5) is 5.69 Å². The molecular formula is C16H13N3O2. The highest BCUT2D eigenvalue weighted by atomic mass is 16.4. The van der Waals surface area contributed by atoms with Gasteiger partial charge in [0, 0.05) is 11.8 Å². The lowest BCUT2D eigenvalue weighted by atomic mass is 10.1. The number of aromatic nitrogens is 2. The molecule has 0 amide bonds. The zero-order valence-electron chi connectivity index (χ0n) is 11.1. The van der Waals surface area contributed by atoms with Crippen LogP contribution in [0.3, 0.4) is 0 Å². The molecular weight excluding hydrogens is 266 g/mol. The molecule has 0 bridgehead atoms. The highest BCUT2D eigenvalue weighted by Crippen LogP contribution is 2.23. The number of aromatic carboxylic acids is 1. The number of hydrogen-bond acceptors (Lipinski definition) is 3. The number of rotatable bonds is 3. The number of nitrogens with two attached hydrogens (primary N) is 1. The van der Waals surface area contributed by atoms with Gasteiger partial charge in [-0.05, 0) is 23.8 Å². The second kappa shape index (κ2) is 5.13. The van der Waals surface area contributed by atoms with E-state index in [4.69, 9.17) is 10.8 Å². The average Bonchev–Trinajstić information content (AvgIpc) is 2.97. The van der Waals surface area contributed by atoms with Crippen LogP contribution in [-0.2, 0) is 0 Å². The van der Waals surface area contributed by atoms with Gasteiger partial charge >= 0.3 is 5.97 Å². The van der Waals surface area contributed by atoms with Crippen molar-refractivity contribution in [2.45, 2.75) is 0 Å². The minimum atomic E-state index is -1.00. The first kappa shape index (κ1) is 12.9. The van der Waals surface area contributed by atoms with Crippen LogP contribution in [0, 0.1) is 0 Å². The molecule has 1 heterocycles. The molecule has 0 aliphatic rings. The van der Waals surface area contributed by atoms with Crippen LogP contribution in [0.15, 0.2) is 60.9 Å². The van der Waals surface area contributed by atoms with Gasteiger partial charge in [-0.15, -0.1) is 0 Å². The molecule has 0 saturated carbocycles. The lowest BCUT2D eigenvalue weighted by Crippen LogP contribution is -2.03. The molecule has 0 radical (unpaired) electrons. The number of carboxylic acid groups (broad SMARTS) is 1. The highest BCUT2D eigenvalue weighted by Gasteiger charge is 2.09. The van der Waals surface area contributed by atoms with Gasteiger partial charge in [0.2, 0.25) is 0 Å². The molecule has 5 nitrogen and oxygen atoms in total. The molecule has 5 heteroatoms. The minimum absolute atomic E-state index is 0.159. The highest BCUT2D eigenvalue weighted by molar-refractivity contribution is 5.89. The van der Waals surface area contributed by atoms with E-state index in [0.717, 1.165) is 11.1 Å². The van der Waals surface area contributed by atoms with E-state index in [-0.39, 0.29) is 5.56 Å². The summed E-state index contributed by atoms with van der Waals surface area (Å²) in [7, 11) is 0. The quantitative estimate of drug-likeness (QED) is 0.722. The largest absolute Gasteiger partial charge is 0.478 e. The SMILES string of the molecule is Nc1cc(C(=O)O)ccc1-n1cc(-c2ccccc2)cn1. The van der Waals surface area contributed by atoms with Crippen molar-refractivity contribution in [3.8, 4) is 16.8 Å². The molecule has 0 aliphatic carbocycles. The Hall–Kier alpha value is -3.08. The van der Waals surface area contributed by atoms with Crippen molar-refractivity contribution >= 4 is 11.7 Å². The summed E-state index contributed by atoms with van der Waals surface area (Å²) in [5.74, 6) is -1.00. The van der Waals surface area contributed by atoms with E-state index in [2.05, 4.69) is 5.10 Å². The van der Waals surface area contributed by atoms with Crippen molar-refractivity contribution in [3.63, 3.8) is 0 Å². The van der Waals surface area contributed by atoms with E-state index in [9.17, 15) is 4.79 Å². The van der Waals surface area contributed by atoms with Gasteiger partial charge in [-0.25, -0.2) is 9.48 Å². The zero-order chi connectivity index (χ0) is 14.8. The molecule has 3 rings (SSSR count). The Morgan fingerprint density at radius 1 is 1.10 bits per heavy atom. The molecule has 0 spiro atoms. The molecule has 21 heavy (non-hydrogen) atoms. The Balaban J connectivity index is 1.99. The fourth-order valence-electron chi connectivity index (χ4n) is 2.13. The summed E-state index contributed by atoms with van der Waals surface area (Å²) < 4.78 is 1.64. The summed E-state index contributed by atoms with van der Waals surface area (Å²) >= 11 is 0. The van der Waals surface area contributed by atoms with Crippen LogP contribution in [-0.4, -0.2) is 20.9 Å². The van der Waals surface area contributed by atoms with E-state index in [1.54, 1.807) is 16.9 Å². The van der Waals surface area contributed by atoms with Crippen molar-refractivity contribution < 1.29 is 9.90 Å². The number of anilines is 1. The van der Waals surface area contributed by atoms with E-state index in [1.807, 2.05) is 36.5 Å². The van der Waals surface area contributed by atoms with Crippen molar-refractivity contribution in [2.24, 2.45) is 0 Å². The fraction of sp³-hybridized carbons (Fsp3) is 0. The summed E-state index contributed by atoms with van der Waals surface area (Å²) in [5.41, 5.74) is 9.13. The first-order valence-electron chi connectivity index (χ1n) is 6.38. The van der Waals surface area contributed by atoms with Crippen molar-refractivity contribution in [1.82, 2.24) is 9.78 Å².